The first kappa shape index (κ1) is 9.14. The van der Waals surface area contributed by atoms with Gasteiger partial charge in [0, 0.05) is 16.9 Å². The fourth-order valence-corrected chi connectivity index (χ4v) is 2.87. The molecule has 0 saturated carbocycles. The lowest BCUT2D eigenvalue weighted by molar-refractivity contribution is 0.605. The predicted molar refractivity (Wildman–Crippen MR) is 47.8 cm³/mol. The molecule has 1 aromatic heterocycles. The molecule has 0 aromatic carbocycles. The lowest BCUT2D eigenvalue weighted by atomic mass is 10.7. The van der Waals surface area contributed by atoms with Gasteiger partial charge in [-0.05, 0) is 22.6 Å². The standard InChI is InChI=1S/C4H2ClIN2O2S/c5-11(9,10)4-3(6)1-7-2-8-4/h1-2H. The SMILES string of the molecule is O=S(=O)(Cl)c1ncncc1I. The van der Waals surface area contributed by atoms with E-state index in [1.54, 1.807) is 22.6 Å². The summed E-state index contributed by atoms with van der Waals surface area (Å²) in [5.74, 6) is 0. The van der Waals surface area contributed by atoms with Crippen molar-refractivity contribution in [3.63, 3.8) is 0 Å². The molecular formula is C4H2ClIN2O2S. The molecule has 0 radical (unpaired) electrons. The van der Waals surface area contributed by atoms with Gasteiger partial charge in [-0.2, -0.15) is 0 Å². The first-order valence-electron chi connectivity index (χ1n) is 2.42. The van der Waals surface area contributed by atoms with Gasteiger partial charge in [-0.15, -0.1) is 0 Å². The van der Waals surface area contributed by atoms with Crippen molar-refractivity contribution in [3.05, 3.63) is 16.1 Å². The van der Waals surface area contributed by atoms with E-state index in [9.17, 15) is 8.42 Å². The third-order valence-corrected chi connectivity index (χ3v) is 3.25. The Kier molecular flexibility index (Phi) is 2.66. The largest absolute Gasteiger partial charge is 0.279 e. The fraction of sp³-hybridized carbons (Fsp3) is 0. The normalized spacial score (nSPS) is 11.5. The second-order valence-corrected chi connectivity index (χ2v) is 5.26. The van der Waals surface area contributed by atoms with E-state index in [2.05, 4.69) is 9.97 Å². The topological polar surface area (TPSA) is 59.9 Å². The van der Waals surface area contributed by atoms with Gasteiger partial charge >= 0.3 is 0 Å². The minimum absolute atomic E-state index is 0.144. The lowest BCUT2D eigenvalue weighted by Crippen LogP contribution is -1.98. The van der Waals surface area contributed by atoms with Gasteiger partial charge in [0.15, 0.2) is 5.03 Å². The Balaban J connectivity index is 3.37. The maximum Gasteiger partial charge on any atom is 0.279 e. The minimum atomic E-state index is -3.72. The summed E-state index contributed by atoms with van der Waals surface area (Å²) in [6, 6.07) is 0. The molecule has 0 aliphatic heterocycles. The summed E-state index contributed by atoms with van der Waals surface area (Å²) < 4.78 is 21.9. The monoisotopic (exact) mass is 304 g/mol. The minimum Gasteiger partial charge on any atom is -0.244 e. The van der Waals surface area contributed by atoms with Gasteiger partial charge in [0.1, 0.15) is 6.33 Å². The first-order chi connectivity index (χ1) is 5.02. The average molecular weight is 304 g/mol. The van der Waals surface area contributed by atoms with Crippen LogP contribution in [0.2, 0.25) is 0 Å². The molecule has 7 heteroatoms. The highest BCUT2D eigenvalue weighted by atomic mass is 127. The summed E-state index contributed by atoms with van der Waals surface area (Å²) in [6.07, 6.45) is 2.51. The zero-order valence-corrected chi connectivity index (χ0v) is 8.76. The predicted octanol–water partition coefficient (Wildman–Crippen LogP) is 1.01. The number of halogens is 2. The molecular weight excluding hydrogens is 302 g/mol. The van der Waals surface area contributed by atoms with Gasteiger partial charge in [0.05, 0.1) is 3.57 Å². The number of rotatable bonds is 1. The zero-order valence-electron chi connectivity index (χ0n) is 5.03. The molecule has 0 amide bonds. The van der Waals surface area contributed by atoms with Crippen molar-refractivity contribution in [2.75, 3.05) is 0 Å². The molecule has 0 fully saturated rings. The molecule has 0 aliphatic carbocycles. The van der Waals surface area contributed by atoms with Crippen molar-refractivity contribution < 1.29 is 8.42 Å². The Bertz CT molecular complexity index is 366. The van der Waals surface area contributed by atoms with E-state index in [0.717, 1.165) is 6.33 Å². The number of nitrogens with zero attached hydrogens (tertiary/aromatic N) is 2. The molecule has 0 unspecified atom stereocenters. The molecule has 0 bridgehead atoms. The van der Waals surface area contributed by atoms with Gasteiger partial charge in [-0.25, -0.2) is 18.4 Å². The van der Waals surface area contributed by atoms with Crippen molar-refractivity contribution in [3.8, 4) is 0 Å². The van der Waals surface area contributed by atoms with E-state index in [1.807, 2.05) is 0 Å². The molecule has 1 heterocycles. The van der Waals surface area contributed by atoms with E-state index < -0.39 is 9.05 Å². The number of aromatic nitrogens is 2. The van der Waals surface area contributed by atoms with Gasteiger partial charge in [-0.3, -0.25) is 0 Å². The second-order valence-electron chi connectivity index (χ2n) is 1.61. The van der Waals surface area contributed by atoms with Gasteiger partial charge in [0.2, 0.25) is 0 Å². The van der Waals surface area contributed by atoms with Crippen LogP contribution in [0.4, 0.5) is 0 Å². The number of hydrogen-bond donors (Lipinski definition) is 0. The van der Waals surface area contributed by atoms with Crippen molar-refractivity contribution in [1.82, 2.24) is 9.97 Å². The Morgan fingerprint density at radius 2 is 2.18 bits per heavy atom. The van der Waals surface area contributed by atoms with E-state index >= 15 is 0 Å². The lowest BCUT2D eigenvalue weighted by Gasteiger charge is -1.94. The van der Waals surface area contributed by atoms with Gasteiger partial charge in [-0.1, -0.05) is 0 Å². The Morgan fingerprint density at radius 3 is 2.55 bits per heavy atom. The summed E-state index contributed by atoms with van der Waals surface area (Å²) >= 11 is 1.80. The summed E-state index contributed by atoms with van der Waals surface area (Å²) in [7, 11) is 1.32. The van der Waals surface area contributed by atoms with E-state index in [-0.39, 0.29) is 5.03 Å². The van der Waals surface area contributed by atoms with Gasteiger partial charge in [0.25, 0.3) is 9.05 Å². The quantitative estimate of drug-likeness (QED) is 0.441. The third-order valence-electron chi connectivity index (χ3n) is 0.865. The molecule has 1 aromatic rings. The number of hydrogen-bond acceptors (Lipinski definition) is 4. The fourth-order valence-electron chi connectivity index (χ4n) is 0.481. The highest BCUT2D eigenvalue weighted by molar-refractivity contribution is 14.1. The molecule has 1 rings (SSSR count). The maximum absolute atomic E-state index is 10.7. The van der Waals surface area contributed by atoms with Crippen molar-refractivity contribution in [2.45, 2.75) is 5.03 Å². The molecule has 0 aliphatic rings. The Hall–Kier alpha value is 0.0500. The van der Waals surface area contributed by atoms with Crippen LogP contribution in [0.3, 0.4) is 0 Å². The Morgan fingerprint density at radius 1 is 1.55 bits per heavy atom. The third kappa shape index (κ3) is 2.24. The van der Waals surface area contributed by atoms with Gasteiger partial charge < -0.3 is 0 Å². The second kappa shape index (κ2) is 3.20. The van der Waals surface area contributed by atoms with Crippen LogP contribution >= 0.6 is 33.3 Å². The van der Waals surface area contributed by atoms with E-state index in [0.29, 0.717) is 3.57 Å². The molecule has 11 heavy (non-hydrogen) atoms. The maximum atomic E-state index is 10.7. The average Bonchev–Trinajstić information content (AvgIpc) is 1.86. The van der Waals surface area contributed by atoms with Crippen LogP contribution in [-0.2, 0) is 9.05 Å². The summed E-state index contributed by atoms with van der Waals surface area (Å²) in [4.78, 5) is 7.13. The zero-order chi connectivity index (χ0) is 8.48. The smallest absolute Gasteiger partial charge is 0.244 e. The molecule has 0 saturated heterocycles. The molecule has 60 valence electrons. The molecule has 4 nitrogen and oxygen atoms in total. The highest BCUT2D eigenvalue weighted by Gasteiger charge is 2.15. The van der Waals surface area contributed by atoms with Crippen molar-refractivity contribution in [2.24, 2.45) is 0 Å². The Labute approximate surface area is 81.6 Å². The van der Waals surface area contributed by atoms with Crippen molar-refractivity contribution >= 4 is 42.3 Å². The van der Waals surface area contributed by atoms with Crippen LogP contribution < -0.4 is 0 Å². The van der Waals surface area contributed by atoms with Crippen LogP contribution in [0.1, 0.15) is 0 Å². The molecule has 0 N–H and O–H groups in total. The van der Waals surface area contributed by atoms with Crippen LogP contribution in [-0.4, -0.2) is 18.4 Å². The molecule has 0 atom stereocenters. The van der Waals surface area contributed by atoms with Crippen LogP contribution in [0.25, 0.3) is 0 Å². The highest BCUT2D eigenvalue weighted by Crippen LogP contribution is 2.16. The van der Waals surface area contributed by atoms with Crippen LogP contribution in [0, 0.1) is 3.57 Å². The summed E-state index contributed by atoms with van der Waals surface area (Å²) in [5.41, 5.74) is 0. The van der Waals surface area contributed by atoms with Crippen molar-refractivity contribution in [1.29, 1.82) is 0 Å². The van der Waals surface area contributed by atoms with Crippen LogP contribution in [0.15, 0.2) is 17.6 Å². The van der Waals surface area contributed by atoms with E-state index in [1.165, 1.54) is 6.20 Å². The van der Waals surface area contributed by atoms with E-state index in [4.69, 9.17) is 10.7 Å². The van der Waals surface area contributed by atoms with Crippen LogP contribution in [0.5, 0.6) is 0 Å². The molecule has 0 spiro atoms. The first-order valence-corrected chi connectivity index (χ1v) is 5.81. The summed E-state index contributed by atoms with van der Waals surface area (Å²) in [5, 5.41) is -0.144. The summed E-state index contributed by atoms with van der Waals surface area (Å²) in [6.45, 7) is 0.